The lowest BCUT2D eigenvalue weighted by Crippen LogP contribution is -2.38. The maximum atomic E-state index is 12.1. The molecule has 1 aromatic rings. The minimum absolute atomic E-state index is 0.0327. The minimum Gasteiger partial charge on any atom is -0.379 e. The summed E-state index contributed by atoms with van der Waals surface area (Å²) in [5.41, 5.74) is 1.64. The molecule has 152 valence electrons. The lowest BCUT2D eigenvalue weighted by atomic mass is 10.2. The smallest absolute Gasteiger partial charge is 0.232 e. The van der Waals surface area contributed by atoms with Gasteiger partial charge in [0, 0.05) is 32.6 Å². The molecule has 7 nitrogen and oxygen atoms in total. The van der Waals surface area contributed by atoms with Crippen molar-refractivity contribution >= 4 is 21.6 Å². The highest BCUT2D eigenvalue weighted by atomic mass is 32.2. The highest BCUT2D eigenvalue weighted by Crippen LogP contribution is 2.19. The van der Waals surface area contributed by atoms with E-state index in [2.05, 4.69) is 10.2 Å². The Labute approximate surface area is 162 Å². The van der Waals surface area contributed by atoms with E-state index in [0.717, 1.165) is 44.8 Å². The fourth-order valence-corrected chi connectivity index (χ4v) is 4.05. The molecule has 27 heavy (non-hydrogen) atoms. The van der Waals surface area contributed by atoms with E-state index in [-0.39, 0.29) is 5.91 Å². The molecule has 2 rings (SSSR count). The zero-order valence-corrected chi connectivity index (χ0v) is 17.1. The molecule has 1 fully saturated rings. The van der Waals surface area contributed by atoms with Gasteiger partial charge in [0.25, 0.3) is 0 Å². The summed E-state index contributed by atoms with van der Waals surface area (Å²) in [6.45, 7) is 7.29. The SMILES string of the molecule is Cc1cccc(N(CCCC(=O)NCCCN2CCOCC2)S(C)(=O)=O)c1. The number of carbonyl (C=O) groups excluding carboxylic acids is 1. The summed E-state index contributed by atoms with van der Waals surface area (Å²) in [6, 6.07) is 7.38. The van der Waals surface area contributed by atoms with E-state index in [1.54, 1.807) is 6.07 Å². The second-order valence-electron chi connectivity index (χ2n) is 6.94. The monoisotopic (exact) mass is 397 g/mol. The van der Waals surface area contributed by atoms with Crippen LogP contribution in [0.2, 0.25) is 0 Å². The molecule has 0 aromatic heterocycles. The lowest BCUT2D eigenvalue weighted by molar-refractivity contribution is -0.121. The summed E-state index contributed by atoms with van der Waals surface area (Å²) < 4.78 is 30.9. The van der Waals surface area contributed by atoms with Crippen LogP contribution in [0.25, 0.3) is 0 Å². The number of hydrogen-bond acceptors (Lipinski definition) is 5. The van der Waals surface area contributed by atoms with E-state index < -0.39 is 10.0 Å². The van der Waals surface area contributed by atoms with Gasteiger partial charge in [-0.3, -0.25) is 14.0 Å². The van der Waals surface area contributed by atoms with Gasteiger partial charge >= 0.3 is 0 Å². The standard InChI is InChI=1S/C19H31N3O4S/c1-17-6-3-7-18(16-17)22(27(2,24)25)11-4-8-19(23)20-9-5-10-21-12-14-26-15-13-21/h3,6-7,16H,4-5,8-15H2,1-2H3,(H,20,23). The van der Waals surface area contributed by atoms with E-state index in [9.17, 15) is 13.2 Å². The van der Waals surface area contributed by atoms with E-state index in [1.807, 2.05) is 25.1 Å². The number of nitrogens with one attached hydrogen (secondary N) is 1. The number of benzene rings is 1. The Kier molecular flexibility index (Phi) is 8.53. The molecule has 1 amide bonds. The van der Waals surface area contributed by atoms with E-state index in [1.165, 1.54) is 10.6 Å². The molecule has 1 aliphatic heterocycles. The molecule has 0 bridgehead atoms. The van der Waals surface area contributed by atoms with Gasteiger partial charge in [0.2, 0.25) is 15.9 Å². The molecule has 8 heteroatoms. The maximum Gasteiger partial charge on any atom is 0.232 e. The first-order valence-electron chi connectivity index (χ1n) is 9.47. The minimum atomic E-state index is -3.38. The number of morpholine rings is 1. The largest absolute Gasteiger partial charge is 0.379 e. The second kappa shape index (κ2) is 10.6. The van der Waals surface area contributed by atoms with Crippen molar-refractivity contribution in [1.29, 1.82) is 0 Å². The highest BCUT2D eigenvalue weighted by molar-refractivity contribution is 7.92. The van der Waals surface area contributed by atoms with Crippen molar-refractivity contribution in [2.45, 2.75) is 26.2 Å². The molecule has 1 saturated heterocycles. The molecule has 1 aromatic carbocycles. The molecule has 0 spiro atoms. The van der Waals surface area contributed by atoms with Gasteiger partial charge in [-0.2, -0.15) is 0 Å². The molecule has 1 heterocycles. The molecule has 0 saturated carbocycles. The van der Waals surface area contributed by atoms with Gasteiger partial charge in [0.15, 0.2) is 0 Å². The van der Waals surface area contributed by atoms with Gasteiger partial charge in [-0.15, -0.1) is 0 Å². The van der Waals surface area contributed by atoms with Crippen molar-refractivity contribution in [2.75, 3.05) is 56.5 Å². The predicted molar refractivity (Wildman–Crippen MR) is 107 cm³/mol. The van der Waals surface area contributed by atoms with Crippen molar-refractivity contribution in [3.05, 3.63) is 29.8 Å². The fourth-order valence-electron chi connectivity index (χ4n) is 3.10. The Morgan fingerprint density at radius 2 is 2.00 bits per heavy atom. The average molecular weight is 398 g/mol. The molecular formula is C19H31N3O4S. The van der Waals surface area contributed by atoms with Crippen molar-refractivity contribution in [3.8, 4) is 0 Å². The van der Waals surface area contributed by atoms with Gasteiger partial charge in [0.1, 0.15) is 0 Å². The third-order valence-corrected chi connectivity index (χ3v) is 5.73. The second-order valence-corrected chi connectivity index (χ2v) is 8.84. The number of anilines is 1. The summed E-state index contributed by atoms with van der Waals surface area (Å²) in [5, 5.41) is 2.92. The van der Waals surface area contributed by atoms with Crippen molar-refractivity contribution in [3.63, 3.8) is 0 Å². The quantitative estimate of drug-likeness (QED) is 0.604. The van der Waals surface area contributed by atoms with Crippen molar-refractivity contribution < 1.29 is 17.9 Å². The van der Waals surface area contributed by atoms with E-state index in [0.29, 0.717) is 31.6 Å². The normalized spacial score (nSPS) is 15.5. The summed E-state index contributed by atoms with van der Waals surface area (Å²) in [5.74, 6) is -0.0327. The zero-order valence-electron chi connectivity index (χ0n) is 16.3. The molecule has 1 N–H and O–H groups in total. The molecule has 0 atom stereocenters. The average Bonchev–Trinajstić information content (AvgIpc) is 2.62. The lowest BCUT2D eigenvalue weighted by Gasteiger charge is -2.26. The van der Waals surface area contributed by atoms with Crippen LogP contribution < -0.4 is 9.62 Å². The van der Waals surface area contributed by atoms with Gasteiger partial charge in [-0.25, -0.2) is 8.42 Å². The Bertz CT molecular complexity index is 703. The molecule has 1 aliphatic rings. The van der Waals surface area contributed by atoms with Crippen LogP contribution in [0.1, 0.15) is 24.8 Å². The Balaban J connectivity index is 1.70. The zero-order chi connectivity index (χ0) is 19.7. The summed E-state index contributed by atoms with van der Waals surface area (Å²) in [4.78, 5) is 14.3. The van der Waals surface area contributed by atoms with Gasteiger partial charge in [-0.05, 0) is 44.0 Å². The number of hydrogen-bond donors (Lipinski definition) is 1. The Morgan fingerprint density at radius 1 is 1.26 bits per heavy atom. The van der Waals surface area contributed by atoms with Crippen LogP contribution in [0.3, 0.4) is 0 Å². The van der Waals surface area contributed by atoms with Gasteiger partial charge < -0.3 is 10.1 Å². The summed E-state index contributed by atoms with van der Waals surface area (Å²) in [7, 11) is -3.38. The third-order valence-electron chi connectivity index (χ3n) is 4.53. The van der Waals surface area contributed by atoms with Crippen LogP contribution in [-0.2, 0) is 19.6 Å². The van der Waals surface area contributed by atoms with Crippen molar-refractivity contribution in [1.82, 2.24) is 10.2 Å². The molecule has 0 aliphatic carbocycles. The summed E-state index contributed by atoms with van der Waals surface area (Å²) in [6.07, 6.45) is 2.90. The van der Waals surface area contributed by atoms with Crippen LogP contribution in [0.5, 0.6) is 0 Å². The topological polar surface area (TPSA) is 79.0 Å². The third kappa shape index (κ3) is 7.86. The number of carbonyl (C=O) groups is 1. The number of rotatable bonds is 10. The van der Waals surface area contributed by atoms with E-state index in [4.69, 9.17) is 4.74 Å². The predicted octanol–water partition coefficient (Wildman–Crippen LogP) is 1.38. The number of sulfonamides is 1. The van der Waals surface area contributed by atoms with Gasteiger partial charge in [-0.1, -0.05) is 12.1 Å². The highest BCUT2D eigenvalue weighted by Gasteiger charge is 2.17. The van der Waals surface area contributed by atoms with Gasteiger partial charge in [0.05, 0.1) is 25.2 Å². The number of nitrogens with zero attached hydrogens (tertiary/aromatic N) is 2. The van der Waals surface area contributed by atoms with Crippen LogP contribution >= 0.6 is 0 Å². The number of ether oxygens (including phenoxy) is 1. The number of aryl methyl sites for hydroxylation is 1. The van der Waals surface area contributed by atoms with Crippen LogP contribution in [-0.4, -0.2) is 71.4 Å². The molecular weight excluding hydrogens is 366 g/mol. The maximum absolute atomic E-state index is 12.1. The van der Waals surface area contributed by atoms with Crippen LogP contribution in [0, 0.1) is 6.92 Å². The molecule has 0 radical (unpaired) electrons. The van der Waals surface area contributed by atoms with E-state index >= 15 is 0 Å². The number of amides is 1. The first-order valence-corrected chi connectivity index (χ1v) is 11.3. The fraction of sp³-hybridized carbons (Fsp3) is 0.632. The first-order chi connectivity index (χ1) is 12.9. The Morgan fingerprint density at radius 3 is 2.67 bits per heavy atom. The van der Waals surface area contributed by atoms with Crippen molar-refractivity contribution in [2.24, 2.45) is 0 Å². The van der Waals surface area contributed by atoms with Crippen LogP contribution in [0.4, 0.5) is 5.69 Å². The molecule has 0 unspecified atom stereocenters. The summed E-state index contributed by atoms with van der Waals surface area (Å²) >= 11 is 0. The Hall–Kier alpha value is -1.64. The van der Waals surface area contributed by atoms with Crippen LogP contribution in [0.15, 0.2) is 24.3 Å². The first kappa shape index (κ1) is 21.7.